The van der Waals surface area contributed by atoms with Gasteiger partial charge >= 0.3 is 5.97 Å². The fraction of sp³-hybridized carbons (Fsp3) is 0.185. The quantitative estimate of drug-likeness (QED) is 0.421. The van der Waals surface area contributed by atoms with E-state index in [1.54, 1.807) is 17.9 Å². The Morgan fingerprint density at radius 1 is 0.938 bits per heavy atom. The summed E-state index contributed by atoms with van der Waals surface area (Å²) in [7, 11) is 1.33. The van der Waals surface area contributed by atoms with E-state index in [-0.39, 0.29) is 5.91 Å². The van der Waals surface area contributed by atoms with Gasteiger partial charge < -0.3 is 9.30 Å². The van der Waals surface area contributed by atoms with Gasteiger partial charge in [0.1, 0.15) is 0 Å². The average molecular weight is 427 g/mol. The van der Waals surface area contributed by atoms with Crippen molar-refractivity contribution in [1.29, 1.82) is 0 Å². The van der Waals surface area contributed by atoms with Crippen LogP contribution in [0.2, 0.25) is 0 Å². The number of rotatable bonds is 4. The third kappa shape index (κ3) is 3.46. The van der Waals surface area contributed by atoms with Crippen LogP contribution in [0.4, 0.5) is 5.69 Å². The van der Waals surface area contributed by atoms with Crippen LogP contribution in [0, 0.1) is 20.8 Å². The molecule has 0 radical (unpaired) electrons. The lowest BCUT2D eigenvalue weighted by atomic mass is 10.0. The fourth-order valence-corrected chi connectivity index (χ4v) is 4.34. The summed E-state index contributed by atoms with van der Waals surface area (Å²) >= 11 is 0. The Hall–Kier alpha value is -3.86. The van der Waals surface area contributed by atoms with Crippen molar-refractivity contribution in [1.82, 2.24) is 4.57 Å². The van der Waals surface area contributed by atoms with E-state index in [9.17, 15) is 9.59 Å². The zero-order chi connectivity index (χ0) is 23.0. The average Bonchev–Trinajstić information content (AvgIpc) is 3.20. The highest BCUT2D eigenvalue weighted by Gasteiger charge is 2.38. The number of carbonyl (C=O) groups is 2. The second kappa shape index (κ2) is 8.35. The SMILES string of the molecule is COC(=O)C1=C(C)N(c2ccccc2)C(=O)/C1=C\c1cc(C)n(-c2ccccc2C)c1C. The van der Waals surface area contributed by atoms with Crippen LogP contribution < -0.4 is 4.90 Å². The normalized spacial score (nSPS) is 15.1. The maximum Gasteiger partial charge on any atom is 0.340 e. The van der Waals surface area contributed by atoms with E-state index in [1.807, 2.05) is 62.4 Å². The van der Waals surface area contributed by atoms with Gasteiger partial charge in [-0.15, -0.1) is 0 Å². The van der Waals surface area contributed by atoms with Crippen molar-refractivity contribution in [3.63, 3.8) is 0 Å². The van der Waals surface area contributed by atoms with Crippen LogP contribution in [-0.4, -0.2) is 23.6 Å². The molecule has 3 aromatic rings. The van der Waals surface area contributed by atoms with Crippen molar-refractivity contribution in [2.24, 2.45) is 0 Å². The summed E-state index contributed by atoms with van der Waals surface area (Å²) in [6, 6.07) is 19.5. The zero-order valence-electron chi connectivity index (χ0n) is 19.0. The van der Waals surface area contributed by atoms with Gasteiger partial charge in [-0.25, -0.2) is 4.79 Å². The van der Waals surface area contributed by atoms with Crippen LogP contribution in [0.3, 0.4) is 0 Å². The third-order valence-corrected chi connectivity index (χ3v) is 5.93. The van der Waals surface area contributed by atoms with Crippen molar-refractivity contribution in [2.45, 2.75) is 27.7 Å². The molecule has 162 valence electrons. The first-order valence-corrected chi connectivity index (χ1v) is 10.5. The number of nitrogens with zero attached hydrogens (tertiary/aromatic N) is 2. The molecule has 0 N–H and O–H groups in total. The molecular formula is C27H26N2O3. The number of anilines is 1. The monoisotopic (exact) mass is 426 g/mol. The van der Waals surface area contributed by atoms with Gasteiger partial charge in [0.05, 0.1) is 18.3 Å². The topological polar surface area (TPSA) is 51.5 Å². The lowest BCUT2D eigenvalue weighted by Crippen LogP contribution is -2.24. The first-order chi connectivity index (χ1) is 15.3. The van der Waals surface area contributed by atoms with Gasteiger partial charge in [0.25, 0.3) is 5.91 Å². The van der Waals surface area contributed by atoms with Crippen LogP contribution in [-0.2, 0) is 14.3 Å². The molecule has 0 fully saturated rings. The van der Waals surface area contributed by atoms with Crippen molar-refractivity contribution < 1.29 is 14.3 Å². The number of esters is 1. The van der Waals surface area contributed by atoms with Gasteiger partial charge in [-0.05, 0) is 69.2 Å². The molecule has 2 heterocycles. The van der Waals surface area contributed by atoms with E-state index in [1.165, 1.54) is 7.11 Å². The number of aryl methyl sites for hydroxylation is 2. The standard InChI is InChI=1S/C27H26N2O3/c1-17-11-9-10-14-24(17)28-18(2)15-21(19(28)3)16-23-25(27(31)32-5)20(4)29(26(23)30)22-12-7-6-8-13-22/h6-16H,1-5H3/b23-16-. The highest BCUT2D eigenvalue weighted by molar-refractivity contribution is 6.23. The van der Waals surface area contributed by atoms with Crippen molar-refractivity contribution >= 4 is 23.6 Å². The minimum Gasteiger partial charge on any atom is -0.465 e. The maximum atomic E-state index is 13.5. The summed E-state index contributed by atoms with van der Waals surface area (Å²) in [6.45, 7) is 7.91. The van der Waals surface area contributed by atoms with Crippen LogP contribution in [0.5, 0.6) is 0 Å². The van der Waals surface area contributed by atoms with E-state index in [0.717, 1.165) is 28.2 Å². The number of allylic oxidation sites excluding steroid dienone is 1. The molecule has 4 rings (SSSR count). The van der Waals surface area contributed by atoms with Gasteiger partial charge in [-0.2, -0.15) is 0 Å². The molecule has 5 heteroatoms. The molecule has 1 aromatic heterocycles. The van der Waals surface area contributed by atoms with E-state index in [0.29, 0.717) is 22.5 Å². The number of aromatic nitrogens is 1. The molecule has 0 saturated carbocycles. The largest absolute Gasteiger partial charge is 0.465 e. The molecule has 32 heavy (non-hydrogen) atoms. The highest BCUT2D eigenvalue weighted by atomic mass is 16.5. The number of para-hydroxylation sites is 2. The van der Waals surface area contributed by atoms with Crippen molar-refractivity contribution in [3.05, 3.63) is 100 Å². The first-order valence-electron chi connectivity index (χ1n) is 10.5. The van der Waals surface area contributed by atoms with Crippen LogP contribution >= 0.6 is 0 Å². The van der Waals surface area contributed by atoms with Gasteiger partial charge in [0.15, 0.2) is 0 Å². The molecule has 1 aliphatic rings. The van der Waals surface area contributed by atoms with Gasteiger partial charge in [0, 0.05) is 28.5 Å². The molecule has 0 atom stereocenters. The fourth-order valence-electron chi connectivity index (χ4n) is 4.34. The smallest absolute Gasteiger partial charge is 0.340 e. The molecule has 5 nitrogen and oxygen atoms in total. The van der Waals surface area contributed by atoms with Crippen molar-refractivity contribution in [2.75, 3.05) is 12.0 Å². The Balaban J connectivity index is 1.87. The summed E-state index contributed by atoms with van der Waals surface area (Å²) in [5.74, 6) is -0.761. The lowest BCUT2D eigenvalue weighted by Gasteiger charge is -2.17. The minimum atomic E-state index is -0.520. The molecule has 1 amide bonds. The van der Waals surface area contributed by atoms with E-state index in [2.05, 4.69) is 23.6 Å². The Labute approximate surface area is 188 Å². The molecule has 0 unspecified atom stereocenters. The molecule has 2 aromatic carbocycles. The summed E-state index contributed by atoms with van der Waals surface area (Å²) in [4.78, 5) is 27.7. The summed E-state index contributed by atoms with van der Waals surface area (Å²) < 4.78 is 7.20. The maximum absolute atomic E-state index is 13.5. The first kappa shape index (κ1) is 21.4. The number of carbonyl (C=O) groups excluding carboxylic acids is 2. The molecule has 0 bridgehead atoms. The van der Waals surface area contributed by atoms with Crippen molar-refractivity contribution in [3.8, 4) is 5.69 Å². The van der Waals surface area contributed by atoms with E-state index >= 15 is 0 Å². The molecule has 0 saturated heterocycles. The Bertz CT molecular complexity index is 1280. The number of hydrogen-bond donors (Lipinski definition) is 0. The Kier molecular flexibility index (Phi) is 5.57. The molecular weight excluding hydrogens is 400 g/mol. The number of hydrogen-bond acceptors (Lipinski definition) is 3. The number of ether oxygens (including phenoxy) is 1. The Morgan fingerprint density at radius 2 is 1.59 bits per heavy atom. The number of methoxy groups -OCH3 is 1. The molecule has 0 aliphatic carbocycles. The predicted molar refractivity (Wildman–Crippen MR) is 127 cm³/mol. The van der Waals surface area contributed by atoms with Crippen LogP contribution in [0.25, 0.3) is 11.8 Å². The molecule has 1 aliphatic heterocycles. The summed E-state index contributed by atoms with van der Waals surface area (Å²) in [5, 5.41) is 0. The van der Waals surface area contributed by atoms with Gasteiger partial charge in [-0.3, -0.25) is 9.69 Å². The zero-order valence-corrected chi connectivity index (χ0v) is 19.0. The Morgan fingerprint density at radius 3 is 2.25 bits per heavy atom. The predicted octanol–water partition coefficient (Wildman–Crippen LogP) is 5.28. The molecule has 0 spiro atoms. The van der Waals surface area contributed by atoms with Gasteiger partial charge in [-0.1, -0.05) is 36.4 Å². The second-order valence-corrected chi connectivity index (χ2v) is 7.93. The van der Waals surface area contributed by atoms with Crippen LogP contribution in [0.15, 0.2) is 77.5 Å². The minimum absolute atomic E-state index is 0.241. The number of amides is 1. The number of benzene rings is 2. The van der Waals surface area contributed by atoms with E-state index in [4.69, 9.17) is 4.74 Å². The lowest BCUT2D eigenvalue weighted by molar-refractivity contribution is -0.136. The third-order valence-electron chi connectivity index (χ3n) is 5.93. The van der Waals surface area contributed by atoms with Gasteiger partial charge in [0.2, 0.25) is 0 Å². The summed E-state index contributed by atoms with van der Waals surface area (Å²) in [6.07, 6.45) is 1.80. The van der Waals surface area contributed by atoms with Crippen LogP contribution in [0.1, 0.15) is 29.4 Å². The highest BCUT2D eigenvalue weighted by Crippen LogP contribution is 2.36. The van der Waals surface area contributed by atoms with E-state index < -0.39 is 5.97 Å². The second-order valence-electron chi connectivity index (χ2n) is 7.93. The summed E-state index contributed by atoms with van der Waals surface area (Å²) in [5.41, 5.74) is 7.09.